The molecular weight excluding hydrogens is 838 g/mol. The number of aryl methyl sites for hydroxylation is 2. The van der Waals surface area contributed by atoms with Crippen LogP contribution in [0.2, 0.25) is 5.02 Å². The summed E-state index contributed by atoms with van der Waals surface area (Å²) < 4.78 is 25.0. The molecule has 13 nitrogen and oxygen atoms in total. The van der Waals surface area contributed by atoms with E-state index in [1.165, 1.54) is 4.88 Å². The number of benzene rings is 3. The van der Waals surface area contributed by atoms with Crippen LogP contribution in [0.1, 0.15) is 62.4 Å². The first-order valence-electron chi connectivity index (χ1n) is 21.1. The van der Waals surface area contributed by atoms with Crippen molar-refractivity contribution >= 4 is 51.7 Å². The summed E-state index contributed by atoms with van der Waals surface area (Å²) in [7, 11) is 0. The summed E-state index contributed by atoms with van der Waals surface area (Å²) >= 11 is 7.94. The van der Waals surface area contributed by atoms with Gasteiger partial charge in [-0.3, -0.25) is 19.1 Å². The zero-order valence-electron chi connectivity index (χ0n) is 35.6. The zero-order valence-corrected chi connectivity index (χ0v) is 37.2. The molecule has 1 aliphatic carbocycles. The molecule has 0 unspecified atom stereocenters. The number of nitrogen functional groups attached to an aromatic ring is 1. The van der Waals surface area contributed by atoms with Crippen molar-refractivity contribution in [2.75, 3.05) is 63.8 Å². The number of thiophene rings is 1. The van der Waals surface area contributed by atoms with Crippen LogP contribution in [0.5, 0.6) is 5.75 Å². The first kappa shape index (κ1) is 43.9. The van der Waals surface area contributed by atoms with Crippen LogP contribution in [0.15, 0.2) is 84.0 Å². The number of pyridine rings is 1. The molecule has 1 atom stereocenters. The van der Waals surface area contributed by atoms with E-state index in [-0.39, 0.29) is 24.4 Å². The Balaban J connectivity index is 0.724. The third-order valence-electron chi connectivity index (χ3n) is 11.1. The fourth-order valence-corrected chi connectivity index (χ4v) is 9.18. The number of ketones is 2. The Kier molecular flexibility index (Phi) is 14.0. The number of aromatic nitrogens is 4. The maximum atomic E-state index is 13.6. The third kappa shape index (κ3) is 10.5. The number of anilines is 2. The lowest BCUT2D eigenvalue weighted by atomic mass is 9.99. The number of nitrogens with two attached hydrogens (primary N) is 1. The van der Waals surface area contributed by atoms with Crippen molar-refractivity contribution in [1.29, 1.82) is 0 Å². The number of fused-ring (bicyclic) bond motifs is 4. The van der Waals surface area contributed by atoms with Gasteiger partial charge in [0, 0.05) is 76.8 Å². The molecular formula is C48H50ClN7O6S. The molecule has 15 heteroatoms. The van der Waals surface area contributed by atoms with E-state index in [2.05, 4.69) is 45.0 Å². The largest absolute Gasteiger partial charge is 0.491 e. The minimum absolute atomic E-state index is 0.0471. The summed E-state index contributed by atoms with van der Waals surface area (Å²) in [5.41, 5.74) is 15.8. The Morgan fingerprint density at radius 1 is 0.857 bits per heavy atom. The molecule has 63 heavy (non-hydrogen) atoms. The van der Waals surface area contributed by atoms with Gasteiger partial charge in [0.05, 0.1) is 45.4 Å². The number of ether oxygens (including phenoxy) is 4. The van der Waals surface area contributed by atoms with Crippen LogP contribution in [0.4, 0.5) is 11.5 Å². The minimum Gasteiger partial charge on any atom is -0.491 e. The molecule has 3 aromatic carbocycles. The number of nitrogens with zero attached hydrogens (tertiary/aromatic N) is 5. The van der Waals surface area contributed by atoms with Crippen LogP contribution in [-0.4, -0.2) is 89.8 Å². The smallest absolute Gasteiger partial charge is 0.163 e. The van der Waals surface area contributed by atoms with Gasteiger partial charge in [-0.15, -0.1) is 21.5 Å². The van der Waals surface area contributed by atoms with Crippen molar-refractivity contribution < 1.29 is 28.5 Å². The number of halogens is 1. The molecule has 326 valence electrons. The van der Waals surface area contributed by atoms with Gasteiger partial charge in [-0.25, -0.2) is 4.98 Å². The normalized spacial score (nSPS) is 14.2. The summed E-state index contributed by atoms with van der Waals surface area (Å²) in [6, 6.07) is 22.7. The molecule has 0 amide bonds. The quantitative estimate of drug-likeness (QED) is 0.0718. The molecule has 6 aromatic rings. The molecule has 8 rings (SSSR count). The Hall–Kier alpha value is -5.77. The Morgan fingerprint density at radius 3 is 2.32 bits per heavy atom. The van der Waals surface area contributed by atoms with Gasteiger partial charge >= 0.3 is 0 Å². The van der Waals surface area contributed by atoms with Crippen LogP contribution in [0, 0.1) is 20.8 Å². The number of rotatable bonds is 20. The maximum absolute atomic E-state index is 13.6. The van der Waals surface area contributed by atoms with Gasteiger partial charge in [-0.1, -0.05) is 54.1 Å². The lowest BCUT2D eigenvalue weighted by molar-refractivity contribution is -0.119. The molecule has 0 bridgehead atoms. The van der Waals surface area contributed by atoms with Crippen LogP contribution < -0.4 is 15.8 Å². The van der Waals surface area contributed by atoms with E-state index < -0.39 is 6.04 Å². The van der Waals surface area contributed by atoms with Crippen LogP contribution in [0.25, 0.3) is 16.1 Å². The van der Waals surface area contributed by atoms with Crippen molar-refractivity contribution in [3.05, 3.63) is 134 Å². The minimum atomic E-state index is -0.510. The monoisotopic (exact) mass is 887 g/mol. The Bertz CT molecular complexity index is 2630. The number of Topliss-reactive ketones (excluding diaryl/α,β-unsaturated/α-hetero) is 2. The fraction of sp³-hybridized carbons (Fsp3) is 0.333. The molecule has 0 fully saturated rings. The van der Waals surface area contributed by atoms with Crippen LogP contribution >= 0.6 is 22.9 Å². The van der Waals surface area contributed by atoms with Crippen molar-refractivity contribution in [2.45, 2.75) is 52.5 Å². The second-order valence-electron chi connectivity index (χ2n) is 15.6. The lowest BCUT2D eigenvalue weighted by Gasteiger charge is -2.14. The zero-order chi connectivity index (χ0) is 43.9. The number of hydrogen-bond acceptors (Lipinski definition) is 13. The fourth-order valence-electron chi connectivity index (χ4n) is 7.84. The van der Waals surface area contributed by atoms with Crippen molar-refractivity contribution in [3.63, 3.8) is 0 Å². The van der Waals surface area contributed by atoms with E-state index in [1.807, 2.05) is 73.7 Å². The predicted molar refractivity (Wildman–Crippen MR) is 246 cm³/mol. The first-order valence-corrected chi connectivity index (χ1v) is 22.3. The van der Waals surface area contributed by atoms with Gasteiger partial charge in [0.1, 0.15) is 46.6 Å². The molecule has 0 saturated heterocycles. The summed E-state index contributed by atoms with van der Waals surface area (Å²) in [5.74, 6) is 2.83. The summed E-state index contributed by atoms with van der Waals surface area (Å²) in [6.45, 7) is 9.78. The average molecular weight is 888 g/mol. The SMILES string of the molecule is Cc1sc2c(c1C)C(c1ccc(Cl)cc1)=N[C@@H](CC(=O)Cc1ccc(OCCOCCOCCOCCNc3cc(N)ncc3-c3ccc4c(c3)CC(=O)C4)cc1)c1nnc(C)n1-2. The number of nitrogens with one attached hydrogen (secondary N) is 1. The predicted octanol–water partition coefficient (Wildman–Crippen LogP) is 7.85. The van der Waals surface area contributed by atoms with Gasteiger partial charge in [0.25, 0.3) is 0 Å². The topological polar surface area (TPSA) is 165 Å². The number of hydrogen-bond donors (Lipinski definition) is 2. The summed E-state index contributed by atoms with van der Waals surface area (Å²) in [5, 5.41) is 14.0. The van der Waals surface area contributed by atoms with Crippen molar-refractivity contribution in [1.82, 2.24) is 19.7 Å². The van der Waals surface area contributed by atoms with E-state index >= 15 is 0 Å². The number of carbonyl (C=O) groups is 2. The summed E-state index contributed by atoms with van der Waals surface area (Å²) in [6.07, 6.45) is 3.18. The van der Waals surface area contributed by atoms with E-state index in [1.54, 1.807) is 17.5 Å². The molecule has 3 aromatic heterocycles. The molecule has 0 radical (unpaired) electrons. The molecule has 1 aliphatic heterocycles. The van der Waals surface area contributed by atoms with E-state index in [0.717, 1.165) is 66.7 Å². The molecule has 4 heterocycles. The third-order valence-corrected chi connectivity index (χ3v) is 12.6. The van der Waals surface area contributed by atoms with Crippen LogP contribution in [0.3, 0.4) is 0 Å². The molecule has 2 aliphatic rings. The summed E-state index contributed by atoms with van der Waals surface area (Å²) in [4.78, 5) is 36.2. The molecule has 0 saturated carbocycles. The highest BCUT2D eigenvalue weighted by Gasteiger charge is 2.32. The number of aliphatic imine (C=N–C) groups is 1. The second kappa shape index (κ2) is 20.2. The van der Waals surface area contributed by atoms with Gasteiger partial charge in [0.2, 0.25) is 0 Å². The highest BCUT2D eigenvalue weighted by Crippen LogP contribution is 2.40. The molecule has 3 N–H and O–H groups in total. The Morgan fingerprint density at radius 2 is 1.56 bits per heavy atom. The van der Waals surface area contributed by atoms with Gasteiger partial charge in [0.15, 0.2) is 5.82 Å². The van der Waals surface area contributed by atoms with Crippen LogP contribution in [-0.2, 0) is 43.1 Å². The van der Waals surface area contributed by atoms with Gasteiger partial charge < -0.3 is 30.0 Å². The van der Waals surface area contributed by atoms with E-state index in [4.69, 9.17) is 41.3 Å². The van der Waals surface area contributed by atoms with Gasteiger partial charge in [-0.05, 0) is 72.9 Å². The maximum Gasteiger partial charge on any atom is 0.163 e. The Labute approximate surface area is 375 Å². The highest BCUT2D eigenvalue weighted by atomic mass is 35.5. The first-order chi connectivity index (χ1) is 30.6. The van der Waals surface area contributed by atoms with Gasteiger partial charge in [-0.2, -0.15) is 0 Å². The molecule has 0 spiro atoms. The highest BCUT2D eigenvalue weighted by molar-refractivity contribution is 7.15. The van der Waals surface area contributed by atoms with Crippen molar-refractivity contribution in [3.8, 4) is 21.9 Å². The lowest BCUT2D eigenvalue weighted by Crippen LogP contribution is -2.15. The standard InChI is InChI=1S/C48H50ClN7O6S/c1-29-30(2)63-48-45(29)46(33-8-10-37(49)11-9-33)53-43(47-55-54-31(3)56(47)48)26-38(57)22-32-4-12-40(13-5-32)62-21-20-61-19-18-60-17-16-59-15-14-51-42-27-44(50)52-28-41(42)35-7-6-34-24-39(58)25-36(34)23-35/h4-13,23,27-28,43H,14-22,24-26H2,1-3H3,(H3,50,51,52)/t43-/m0/s1. The number of carbonyl (C=O) groups excluding carboxylic acids is 2. The van der Waals surface area contributed by atoms with E-state index in [0.29, 0.717) is 88.0 Å². The second-order valence-corrected chi connectivity index (χ2v) is 17.3. The average Bonchev–Trinajstić information content (AvgIpc) is 3.91. The van der Waals surface area contributed by atoms with E-state index in [9.17, 15) is 9.59 Å². The van der Waals surface area contributed by atoms with Crippen molar-refractivity contribution in [2.24, 2.45) is 4.99 Å².